The first-order chi connectivity index (χ1) is 25.5. The van der Waals surface area contributed by atoms with Gasteiger partial charge in [-0.25, -0.2) is 4.79 Å². The summed E-state index contributed by atoms with van der Waals surface area (Å²) in [7, 11) is 0. The van der Waals surface area contributed by atoms with Crippen molar-refractivity contribution in [3.8, 4) is 0 Å². The Kier molecular flexibility index (Phi) is 45.4. The molecule has 0 radical (unpaired) electrons. The highest BCUT2D eigenvalue weighted by Crippen LogP contribution is 2.11. The van der Waals surface area contributed by atoms with Crippen LogP contribution in [0.25, 0.3) is 0 Å². The molecule has 0 saturated carbocycles. The van der Waals surface area contributed by atoms with E-state index in [2.05, 4.69) is 86.8 Å². The Morgan fingerprint density at radius 3 is 1.19 bits per heavy atom. The lowest BCUT2D eigenvalue weighted by Crippen LogP contribution is -1.93. The number of carboxylic acid groups (broad SMARTS) is 2. The predicted molar refractivity (Wildman–Crippen MR) is 229 cm³/mol. The highest BCUT2D eigenvalue weighted by atomic mass is 16.4. The van der Waals surface area contributed by atoms with Gasteiger partial charge in [-0.15, -0.1) is 0 Å². The average Bonchev–Trinajstić information content (AvgIpc) is 3.13. The molecular weight excluding hydrogens is 641 g/mol. The van der Waals surface area contributed by atoms with Gasteiger partial charge < -0.3 is 10.2 Å². The zero-order valence-corrected chi connectivity index (χ0v) is 33.0. The maximum Gasteiger partial charge on any atom is 0.328 e. The van der Waals surface area contributed by atoms with Crippen LogP contribution in [-0.2, 0) is 9.59 Å². The highest BCUT2D eigenvalue weighted by Gasteiger charge is 1.96. The lowest BCUT2D eigenvalue weighted by Gasteiger charge is -2.00. The molecule has 0 aliphatic carbocycles. The summed E-state index contributed by atoms with van der Waals surface area (Å²) in [6.45, 7) is 4.42. The molecule has 52 heavy (non-hydrogen) atoms. The van der Waals surface area contributed by atoms with Crippen LogP contribution in [0.3, 0.4) is 0 Å². The van der Waals surface area contributed by atoms with E-state index in [0.29, 0.717) is 6.42 Å². The van der Waals surface area contributed by atoms with Gasteiger partial charge in [0.25, 0.3) is 0 Å². The first-order valence-corrected chi connectivity index (χ1v) is 20.2. The normalized spacial score (nSPS) is 12.8. The van der Waals surface area contributed by atoms with E-state index in [1.807, 2.05) is 36.5 Å². The van der Waals surface area contributed by atoms with Crippen LogP contribution in [0, 0.1) is 0 Å². The number of hydrogen-bond donors (Lipinski definition) is 2. The van der Waals surface area contributed by atoms with E-state index in [0.717, 1.165) is 63.9 Å². The molecule has 0 aliphatic heterocycles. The molecule has 0 amide bonds. The molecule has 0 rings (SSSR count). The van der Waals surface area contributed by atoms with Crippen LogP contribution >= 0.6 is 0 Å². The molecule has 4 nitrogen and oxygen atoms in total. The third-order valence-electron chi connectivity index (χ3n) is 7.77. The van der Waals surface area contributed by atoms with Crippen molar-refractivity contribution >= 4 is 11.9 Å². The van der Waals surface area contributed by atoms with E-state index in [-0.39, 0.29) is 0 Å². The molecule has 0 aromatic carbocycles. The van der Waals surface area contributed by atoms with Crippen molar-refractivity contribution in [3.05, 3.63) is 134 Å². The fraction of sp³-hybridized carbons (Fsp3) is 0.500. The van der Waals surface area contributed by atoms with Crippen molar-refractivity contribution in [2.45, 2.75) is 155 Å². The minimum absolute atomic E-state index is 0.314. The fourth-order valence-corrected chi connectivity index (χ4v) is 4.84. The second-order valence-electron chi connectivity index (χ2n) is 12.7. The van der Waals surface area contributed by atoms with Gasteiger partial charge in [-0.2, -0.15) is 0 Å². The maximum absolute atomic E-state index is 10.4. The quantitative estimate of drug-likeness (QED) is 0.0307. The Morgan fingerprint density at radius 1 is 0.385 bits per heavy atom. The topological polar surface area (TPSA) is 74.6 Å². The summed E-state index contributed by atoms with van der Waals surface area (Å²) in [6, 6.07) is 0. The molecule has 0 aliphatic rings. The molecule has 0 atom stereocenters. The summed E-state index contributed by atoms with van der Waals surface area (Å²) in [5, 5.41) is 17.0. The lowest BCUT2D eigenvalue weighted by atomic mass is 10.1. The first-order valence-electron chi connectivity index (χ1n) is 20.2. The van der Waals surface area contributed by atoms with Gasteiger partial charge in [-0.3, -0.25) is 4.79 Å². The van der Waals surface area contributed by atoms with Crippen molar-refractivity contribution < 1.29 is 19.8 Å². The Labute approximate surface area is 319 Å². The highest BCUT2D eigenvalue weighted by molar-refractivity contribution is 5.80. The van der Waals surface area contributed by atoms with Gasteiger partial charge in [-0.1, -0.05) is 212 Å². The predicted octanol–water partition coefficient (Wildman–Crippen LogP) is 14.9. The maximum atomic E-state index is 10.4. The van der Waals surface area contributed by atoms with E-state index >= 15 is 0 Å². The average molecular weight is 715 g/mol. The second-order valence-corrected chi connectivity index (χ2v) is 12.7. The fourth-order valence-electron chi connectivity index (χ4n) is 4.84. The molecule has 0 fully saturated rings. The van der Waals surface area contributed by atoms with Crippen molar-refractivity contribution in [1.82, 2.24) is 0 Å². The Balaban J connectivity index is 0. The number of hydrogen-bond acceptors (Lipinski definition) is 2. The number of carboxylic acids is 2. The van der Waals surface area contributed by atoms with Crippen LogP contribution in [0.2, 0.25) is 0 Å². The van der Waals surface area contributed by atoms with E-state index in [1.54, 1.807) is 12.2 Å². The molecule has 0 saturated heterocycles. The molecular formula is C48H74O4. The van der Waals surface area contributed by atoms with Crippen LogP contribution in [0.1, 0.15) is 155 Å². The molecule has 0 unspecified atom stereocenters. The van der Waals surface area contributed by atoms with E-state index in [9.17, 15) is 9.59 Å². The summed E-state index contributed by atoms with van der Waals surface area (Å²) in [5.41, 5.74) is 0. The van der Waals surface area contributed by atoms with Gasteiger partial charge >= 0.3 is 11.9 Å². The van der Waals surface area contributed by atoms with Gasteiger partial charge in [0.2, 0.25) is 0 Å². The van der Waals surface area contributed by atoms with Gasteiger partial charge in [0, 0.05) is 12.5 Å². The van der Waals surface area contributed by atoms with E-state index < -0.39 is 11.9 Å². The van der Waals surface area contributed by atoms with Crippen LogP contribution in [0.5, 0.6) is 0 Å². The van der Waals surface area contributed by atoms with E-state index in [1.165, 1.54) is 83.1 Å². The SMILES string of the molecule is CC/C=C\C/C=C\C/C=C\C/C=C\C/C=C\CCCCCCCC(=O)O.CCCCCCCCCCC/C=C/C=C/C=C/C=C/C=C/C=C/C(=O)O. The van der Waals surface area contributed by atoms with Crippen LogP contribution < -0.4 is 0 Å². The molecule has 0 spiro atoms. The number of allylic oxidation sites excluding steroid dienone is 21. The number of rotatable bonds is 33. The second kappa shape index (κ2) is 47.1. The van der Waals surface area contributed by atoms with Crippen molar-refractivity contribution in [2.75, 3.05) is 0 Å². The number of unbranched alkanes of at least 4 members (excludes halogenated alkanes) is 14. The molecule has 0 bridgehead atoms. The zero-order chi connectivity index (χ0) is 38.3. The third-order valence-corrected chi connectivity index (χ3v) is 7.77. The summed E-state index contributed by atoms with van der Waals surface area (Å²) in [4.78, 5) is 20.6. The van der Waals surface area contributed by atoms with Gasteiger partial charge in [0.05, 0.1) is 0 Å². The number of carbonyl (C=O) groups is 2. The van der Waals surface area contributed by atoms with Crippen LogP contribution in [0.4, 0.5) is 0 Å². The summed E-state index contributed by atoms with van der Waals surface area (Å²) >= 11 is 0. The Morgan fingerprint density at radius 2 is 0.750 bits per heavy atom. The number of aliphatic carboxylic acids is 2. The summed E-state index contributed by atoms with van der Waals surface area (Å²) in [5.74, 6) is -1.61. The van der Waals surface area contributed by atoms with Crippen molar-refractivity contribution in [2.24, 2.45) is 0 Å². The smallest absolute Gasteiger partial charge is 0.328 e. The molecule has 0 heterocycles. The Bertz CT molecular complexity index is 1120. The molecule has 2 N–H and O–H groups in total. The molecule has 0 aromatic heterocycles. The largest absolute Gasteiger partial charge is 0.481 e. The monoisotopic (exact) mass is 715 g/mol. The van der Waals surface area contributed by atoms with Crippen LogP contribution in [-0.4, -0.2) is 22.2 Å². The van der Waals surface area contributed by atoms with Gasteiger partial charge in [-0.05, 0) is 64.2 Å². The van der Waals surface area contributed by atoms with Gasteiger partial charge in [0.15, 0.2) is 0 Å². The minimum Gasteiger partial charge on any atom is -0.481 e. The third kappa shape index (κ3) is 52.9. The van der Waals surface area contributed by atoms with Crippen LogP contribution in [0.15, 0.2) is 134 Å². The zero-order valence-electron chi connectivity index (χ0n) is 33.0. The standard InChI is InChI=1S/C24H38O2.C24H36O2/c2*1-2-3-4-5-6-7-8-9-10-11-12-13-14-15-16-17-18-19-20-21-22-23-24(25)26/h3-4,6-7,9-10,12-13,15-16H,2,5,8,11,14,17-23H2,1H3,(H,25,26);12-23H,2-11H2,1H3,(H,25,26)/b4-3-,7-6-,10-9-,13-12-,16-15-;13-12+,15-14+,17-16+,19-18+,21-20+,23-22+. The molecule has 0 aromatic rings. The van der Waals surface area contributed by atoms with E-state index in [4.69, 9.17) is 10.2 Å². The van der Waals surface area contributed by atoms with Gasteiger partial charge in [0.1, 0.15) is 0 Å². The summed E-state index contributed by atoms with van der Waals surface area (Å²) in [6.07, 6.45) is 70.0. The van der Waals surface area contributed by atoms with Crippen molar-refractivity contribution in [3.63, 3.8) is 0 Å². The van der Waals surface area contributed by atoms with Crippen molar-refractivity contribution in [1.29, 1.82) is 0 Å². The minimum atomic E-state index is -0.936. The Hall–Kier alpha value is -3.92. The first kappa shape index (κ1) is 50.2. The lowest BCUT2D eigenvalue weighted by molar-refractivity contribution is -0.137. The molecule has 290 valence electrons. The molecule has 4 heteroatoms. The summed E-state index contributed by atoms with van der Waals surface area (Å²) < 4.78 is 0.